The maximum Gasteiger partial charge on any atom is 0.0474 e. The van der Waals surface area contributed by atoms with Crippen molar-refractivity contribution in [2.75, 3.05) is 0 Å². The third-order valence-corrected chi connectivity index (χ3v) is 2.53. The van der Waals surface area contributed by atoms with Gasteiger partial charge in [-0.05, 0) is 18.6 Å². The van der Waals surface area contributed by atoms with E-state index in [0.29, 0.717) is 0 Å². The molecule has 0 N–H and O–H groups in total. The molecule has 1 rings (SSSR count). The highest BCUT2D eigenvalue weighted by Crippen LogP contribution is 2.27. The quantitative estimate of drug-likeness (QED) is 0.718. The van der Waals surface area contributed by atoms with Crippen LogP contribution in [0.25, 0.3) is 0 Å². The zero-order valence-electron chi connectivity index (χ0n) is 8.47. The lowest BCUT2D eigenvalue weighted by atomic mass is 9.84. The smallest absolute Gasteiger partial charge is 0.0474 e. The minimum Gasteiger partial charge on any atom is -0.261 e. The second-order valence-corrected chi connectivity index (χ2v) is 4.43. The summed E-state index contributed by atoms with van der Waals surface area (Å²) < 4.78 is 0. The van der Waals surface area contributed by atoms with Crippen LogP contribution in [0.1, 0.15) is 39.3 Å². The molecule has 0 bridgehead atoms. The van der Waals surface area contributed by atoms with Crippen LogP contribution in [-0.4, -0.2) is 4.98 Å². The molecule has 0 aliphatic carbocycles. The van der Waals surface area contributed by atoms with E-state index in [1.165, 1.54) is 6.42 Å². The van der Waals surface area contributed by atoms with Crippen LogP contribution in [0, 0.1) is 0 Å². The molecule has 0 saturated heterocycles. The summed E-state index contributed by atoms with van der Waals surface area (Å²) in [6.45, 7) is 6.59. The molecule has 0 atom stereocenters. The Bertz CT molecular complexity index is 281. The van der Waals surface area contributed by atoms with Crippen molar-refractivity contribution in [2.24, 2.45) is 0 Å². The molecule has 0 spiro atoms. The van der Waals surface area contributed by atoms with Crippen LogP contribution in [0.3, 0.4) is 0 Å². The summed E-state index contributed by atoms with van der Waals surface area (Å²) in [7, 11) is 0. The van der Waals surface area contributed by atoms with Crippen molar-refractivity contribution in [1.82, 2.24) is 4.98 Å². The van der Waals surface area contributed by atoms with Gasteiger partial charge in [0.05, 0.1) is 0 Å². The van der Waals surface area contributed by atoms with Gasteiger partial charge >= 0.3 is 0 Å². The number of aromatic nitrogens is 1. The van der Waals surface area contributed by atoms with Crippen molar-refractivity contribution >= 4 is 11.6 Å². The van der Waals surface area contributed by atoms with Gasteiger partial charge in [-0.15, -0.1) is 0 Å². The predicted molar refractivity (Wildman–Crippen MR) is 57.2 cm³/mol. The van der Waals surface area contributed by atoms with Crippen LogP contribution in [-0.2, 0) is 5.41 Å². The second-order valence-electron chi connectivity index (χ2n) is 3.99. The molecule has 0 aromatic carbocycles. The Kier molecular flexibility index (Phi) is 3.32. The molecule has 0 amide bonds. The SMILES string of the molecule is CCCC(C)(C)c1cc(Cl)ccn1. The Balaban J connectivity index is 2.93. The van der Waals surface area contributed by atoms with Gasteiger partial charge in [-0.25, -0.2) is 0 Å². The van der Waals surface area contributed by atoms with E-state index in [0.717, 1.165) is 17.1 Å². The van der Waals surface area contributed by atoms with Crippen molar-refractivity contribution in [3.63, 3.8) is 0 Å². The van der Waals surface area contributed by atoms with Gasteiger partial charge in [0, 0.05) is 22.3 Å². The van der Waals surface area contributed by atoms with Crippen LogP contribution >= 0.6 is 11.6 Å². The molecule has 0 fully saturated rings. The summed E-state index contributed by atoms with van der Waals surface area (Å²) in [4.78, 5) is 4.35. The summed E-state index contributed by atoms with van der Waals surface area (Å²) in [5.74, 6) is 0. The fourth-order valence-electron chi connectivity index (χ4n) is 1.53. The van der Waals surface area contributed by atoms with Crippen molar-refractivity contribution in [3.8, 4) is 0 Å². The molecule has 0 saturated carbocycles. The van der Waals surface area contributed by atoms with E-state index >= 15 is 0 Å². The molecule has 2 heteroatoms. The highest BCUT2D eigenvalue weighted by Gasteiger charge is 2.20. The summed E-state index contributed by atoms with van der Waals surface area (Å²) in [5.41, 5.74) is 1.22. The molecular weight excluding hydrogens is 182 g/mol. The largest absolute Gasteiger partial charge is 0.261 e. The average molecular weight is 198 g/mol. The van der Waals surface area contributed by atoms with E-state index < -0.39 is 0 Å². The monoisotopic (exact) mass is 197 g/mol. The lowest BCUT2D eigenvalue weighted by Gasteiger charge is -2.23. The van der Waals surface area contributed by atoms with Gasteiger partial charge in [0.2, 0.25) is 0 Å². The summed E-state index contributed by atoms with van der Waals surface area (Å²) in [6, 6.07) is 3.77. The van der Waals surface area contributed by atoms with Gasteiger partial charge in [-0.1, -0.05) is 38.8 Å². The van der Waals surface area contributed by atoms with E-state index in [9.17, 15) is 0 Å². The molecular formula is C11H16ClN. The topological polar surface area (TPSA) is 12.9 Å². The molecule has 0 unspecified atom stereocenters. The number of rotatable bonds is 3. The van der Waals surface area contributed by atoms with Gasteiger partial charge in [-0.3, -0.25) is 4.98 Å². The summed E-state index contributed by atoms with van der Waals surface area (Å²) in [5, 5.41) is 0.772. The number of pyridine rings is 1. The average Bonchev–Trinajstić information content (AvgIpc) is 2.04. The standard InChI is InChI=1S/C11H16ClN/c1-4-6-11(2,3)10-8-9(12)5-7-13-10/h5,7-8H,4,6H2,1-3H3. The maximum absolute atomic E-state index is 5.91. The van der Waals surface area contributed by atoms with Crippen molar-refractivity contribution in [3.05, 3.63) is 29.0 Å². The van der Waals surface area contributed by atoms with Crippen LogP contribution < -0.4 is 0 Å². The second kappa shape index (κ2) is 4.10. The highest BCUT2D eigenvalue weighted by atomic mass is 35.5. The Hall–Kier alpha value is -0.560. The number of nitrogens with zero attached hydrogens (tertiary/aromatic N) is 1. The maximum atomic E-state index is 5.91. The molecule has 13 heavy (non-hydrogen) atoms. The first-order valence-corrected chi connectivity index (χ1v) is 5.06. The first kappa shape index (κ1) is 10.5. The Morgan fingerprint density at radius 3 is 2.69 bits per heavy atom. The lowest BCUT2D eigenvalue weighted by molar-refractivity contribution is 0.459. The van der Waals surface area contributed by atoms with E-state index in [2.05, 4.69) is 25.8 Å². The van der Waals surface area contributed by atoms with E-state index in [1.807, 2.05) is 12.1 Å². The van der Waals surface area contributed by atoms with Crippen molar-refractivity contribution in [2.45, 2.75) is 39.0 Å². The minimum atomic E-state index is 0.139. The molecule has 72 valence electrons. The van der Waals surface area contributed by atoms with Gasteiger partial charge in [0.25, 0.3) is 0 Å². The van der Waals surface area contributed by atoms with E-state index in [-0.39, 0.29) is 5.41 Å². The molecule has 0 radical (unpaired) electrons. The summed E-state index contributed by atoms with van der Waals surface area (Å²) >= 11 is 5.91. The molecule has 0 aliphatic rings. The van der Waals surface area contributed by atoms with Crippen LogP contribution in [0.15, 0.2) is 18.3 Å². The molecule has 0 aliphatic heterocycles. The zero-order valence-corrected chi connectivity index (χ0v) is 9.23. The van der Waals surface area contributed by atoms with Gasteiger partial charge in [0.1, 0.15) is 0 Å². The van der Waals surface area contributed by atoms with Gasteiger partial charge in [0.15, 0.2) is 0 Å². The highest BCUT2D eigenvalue weighted by molar-refractivity contribution is 6.30. The van der Waals surface area contributed by atoms with Crippen LogP contribution in [0.4, 0.5) is 0 Å². The molecule has 1 aromatic heterocycles. The minimum absolute atomic E-state index is 0.139. The third-order valence-electron chi connectivity index (χ3n) is 2.29. The summed E-state index contributed by atoms with van der Waals surface area (Å²) in [6.07, 6.45) is 4.08. The fourth-order valence-corrected chi connectivity index (χ4v) is 1.69. The molecule has 1 nitrogen and oxygen atoms in total. The van der Waals surface area contributed by atoms with E-state index in [4.69, 9.17) is 11.6 Å². The molecule has 1 aromatic rings. The van der Waals surface area contributed by atoms with E-state index in [1.54, 1.807) is 6.20 Å². The van der Waals surface area contributed by atoms with Gasteiger partial charge in [-0.2, -0.15) is 0 Å². The fraction of sp³-hybridized carbons (Fsp3) is 0.545. The van der Waals surface area contributed by atoms with Crippen molar-refractivity contribution in [1.29, 1.82) is 0 Å². The number of hydrogen-bond acceptors (Lipinski definition) is 1. The third kappa shape index (κ3) is 2.70. The van der Waals surface area contributed by atoms with Gasteiger partial charge < -0.3 is 0 Å². The number of hydrogen-bond donors (Lipinski definition) is 0. The Morgan fingerprint density at radius 2 is 2.15 bits per heavy atom. The van der Waals surface area contributed by atoms with Crippen LogP contribution in [0.2, 0.25) is 5.02 Å². The first-order chi connectivity index (χ1) is 6.06. The van der Waals surface area contributed by atoms with Crippen molar-refractivity contribution < 1.29 is 0 Å². The normalized spacial score (nSPS) is 11.7. The predicted octanol–water partition coefficient (Wildman–Crippen LogP) is 3.81. The Labute approximate surface area is 85.1 Å². The molecule has 1 heterocycles. The first-order valence-electron chi connectivity index (χ1n) is 4.68. The van der Waals surface area contributed by atoms with Crippen LogP contribution in [0.5, 0.6) is 0 Å². The zero-order chi connectivity index (χ0) is 9.90. The Morgan fingerprint density at radius 1 is 1.46 bits per heavy atom. The lowest BCUT2D eigenvalue weighted by Crippen LogP contribution is -2.18. The number of halogens is 1.